The van der Waals surface area contributed by atoms with Crippen molar-refractivity contribution in [2.24, 2.45) is 0 Å². The van der Waals surface area contributed by atoms with Crippen LogP contribution < -0.4 is 10.6 Å². The van der Waals surface area contributed by atoms with E-state index in [0.29, 0.717) is 12.1 Å². The number of nitrogens with zero attached hydrogens (tertiary/aromatic N) is 1. The number of rotatable bonds is 5. The standard InChI is InChI=1S/C17H15Cl2N3O4/c1-2-20-17(25)22-15(23)13(10-6-4-3-5-7-10)26-16(24)11-8-12(18)14(19)21-9-11/h3-9,13H,2H2,1H3,(H2,20,22,23,25)/t13-/m0/s1. The van der Waals surface area contributed by atoms with Crippen LogP contribution >= 0.6 is 23.2 Å². The van der Waals surface area contributed by atoms with Gasteiger partial charge in [-0.25, -0.2) is 14.6 Å². The Morgan fingerprint density at radius 3 is 2.50 bits per heavy atom. The van der Waals surface area contributed by atoms with Crippen LogP contribution in [0.4, 0.5) is 4.79 Å². The zero-order valence-electron chi connectivity index (χ0n) is 13.7. The van der Waals surface area contributed by atoms with Crippen LogP contribution in [0.5, 0.6) is 0 Å². The lowest BCUT2D eigenvalue weighted by atomic mass is 10.1. The summed E-state index contributed by atoms with van der Waals surface area (Å²) in [4.78, 5) is 40.1. The van der Waals surface area contributed by atoms with E-state index in [-0.39, 0.29) is 15.7 Å². The molecule has 1 atom stereocenters. The van der Waals surface area contributed by atoms with Crippen molar-refractivity contribution in [1.29, 1.82) is 0 Å². The Hall–Kier alpha value is -2.64. The van der Waals surface area contributed by atoms with Gasteiger partial charge in [0.1, 0.15) is 5.15 Å². The Morgan fingerprint density at radius 2 is 1.88 bits per heavy atom. The molecule has 0 aliphatic rings. The predicted octanol–water partition coefficient (Wildman–Crippen LogP) is 3.13. The second-order valence-electron chi connectivity index (χ2n) is 5.04. The minimum atomic E-state index is -1.33. The first-order valence-corrected chi connectivity index (χ1v) is 8.33. The first-order valence-electron chi connectivity index (χ1n) is 7.58. The predicted molar refractivity (Wildman–Crippen MR) is 96.1 cm³/mol. The summed E-state index contributed by atoms with van der Waals surface area (Å²) in [5.74, 6) is -1.63. The van der Waals surface area contributed by atoms with Gasteiger partial charge in [0, 0.05) is 18.3 Å². The minimum absolute atomic E-state index is 0.0196. The third-order valence-electron chi connectivity index (χ3n) is 3.17. The number of urea groups is 1. The Balaban J connectivity index is 2.23. The van der Waals surface area contributed by atoms with Gasteiger partial charge in [0.15, 0.2) is 0 Å². The van der Waals surface area contributed by atoms with Crippen LogP contribution in [0.2, 0.25) is 10.2 Å². The number of aromatic nitrogens is 1. The average Bonchev–Trinajstić information content (AvgIpc) is 2.62. The largest absolute Gasteiger partial charge is 0.444 e. The number of benzene rings is 1. The summed E-state index contributed by atoms with van der Waals surface area (Å²) >= 11 is 11.6. The second kappa shape index (κ2) is 9.17. The Kier molecular flexibility index (Phi) is 6.94. The zero-order valence-corrected chi connectivity index (χ0v) is 15.2. The smallest absolute Gasteiger partial charge is 0.340 e. The molecule has 26 heavy (non-hydrogen) atoms. The minimum Gasteiger partial charge on any atom is -0.444 e. The summed E-state index contributed by atoms with van der Waals surface area (Å²) < 4.78 is 5.29. The molecule has 0 saturated carbocycles. The molecule has 0 bridgehead atoms. The van der Waals surface area contributed by atoms with Gasteiger partial charge in [-0.05, 0) is 13.0 Å². The number of hydrogen-bond acceptors (Lipinski definition) is 5. The number of carbonyl (C=O) groups excluding carboxylic acids is 3. The molecule has 136 valence electrons. The van der Waals surface area contributed by atoms with Gasteiger partial charge < -0.3 is 10.1 Å². The summed E-state index contributed by atoms with van der Waals surface area (Å²) in [6, 6.07) is 8.89. The molecule has 2 N–H and O–H groups in total. The fraction of sp³-hybridized carbons (Fsp3) is 0.176. The van der Waals surface area contributed by atoms with Gasteiger partial charge in [-0.1, -0.05) is 53.5 Å². The molecule has 2 aromatic rings. The number of esters is 1. The summed E-state index contributed by atoms with van der Waals surface area (Å²) in [6.07, 6.45) is -0.152. The van der Waals surface area contributed by atoms with Gasteiger partial charge in [-0.2, -0.15) is 0 Å². The summed E-state index contributed by atoms with van der Waals surface area (Å²) in [5, 5.41) is 4.67. The second-order valence-corrected chi connectivity index (χ2v) is 5.81. The van der Waals surface area contributed by atoms with Gasteiger partial charge in [-0.15, -0.1) is 0 Å². The molecule has 2 rings (SSSR count). The van der Waals surface area contributed by atoms with Crippen LogP contribution in [0.25, 0.3) is 0 Å². The molecule has 0 saturated heterocycles. The molecule has 7 nitrogen and oxygen atoms in total. The summed E-state index contributed by atoms with van der Waals surface area (Å²) in [6.45, 7) is 2.04. The highest BCUT2D eigenvalue weighted by atomic mass is 35.5. The van der Waals surface area contributed by atoms with Crippen LogP contribution in [-0.4, -0.2) is 29.4 Å². The van der Waals surface area contributed by atoms with E-state index >= 15 is 0 Å². The maximum absolute atomic E-state index is 12.4. The van der Waals surface area contributed by atoms with Gasteiger partial charge >= 0.3 is 12.0 Å². The molecule has 1 aromatic carbocycles. The van der Waals surface area contributed by atoms with Crippen molar-refractivity contribution in [3.05, 3.63) is 63.9 Å². The first kappa shape index (κ1) is 19.7. The SMILES string of the molecule is CCNC(=O)NC(=O)[C@@H](OC(=O)c1cnc(Cl)c(Cl)c1)c1ccccc1. The van der Waals surface area contributed by atoms with Gasteiger partial charge in [0.05, 0.1) is 10.6 Å². The van der Waals surface area contributed by atoms with Crippen LogP contribution in [0.3, 0.4) is 0 Å². The van der Waals surface area contributed by atoms with Crippen LogP contribution in [0.15, 0.2) is 42.6 Å². The lowest BCUT2D eigenvalue weighted by Crippen LogP contribution is -2.42. The highest BCUT2D eigenvalue weighted by molar-refractivity contribution is 6.41. The molecule has 0 aliphatic heterocycles. The van der Waals surface area contributed by atoms with Crippen LogP contribution in [0, 0.1) is 0 Å². The van der Waals surface area contributed by atoms with Gasteiger partial charge in [0.2, 0.25) is 6.10 Å². The van der Waals surface area contributed by atoms with Gasteiger partial charge in [-0.3, -0.25) is 10.1 Å². The number of imide groups is 1. The molecular formula is C17H15Cl2N3O4. The number of amides is 3. The number of carbonyl (C=O) groups is 3. The number of nitrogens with one attached hydrogen (secondary N) is 2. The molecule has 1 heterocycles. The maximum Gasteiger partial charge on any atom is 0.340 e. The lowest BCUT2D eigenvalue weighted by Gasteiger charge is -2.17. The van der Waals surface area contributed by atoms with E-state index in [9.17, 15) is 14.4 Å². The highest BCUT2D eigenvalue weighted by Gasteiger charge is 2.27. The Morgan fingerprint density at radius 1 is 1.19 bits per heavy atom. The molecule has 0 fully saturated rings. The Bertz CT molecular complexity index is 815. The molecule has 0 radical (unpaired) electrons. The number of pyridine rings is 1. The molecule has 0 spiro atoms. The number of hydrogen-bond donors (Lipinski definition) is 2. The fourth-order valence-corrected chi connectivity index (χ4v) is 2.26. The normalized spacial score (nSPS) is 11.3. The van der Waals surface area contributed by atoms with Crippen molar-refractivity contribution in [3.63, 3.8) is 0 Å². The number of halogens is 2. The topological polar surface area (TPSA) is 97.4 Å². The Labute approximate surface area is 159 Å². The van der Waals surface area contributed by atoms with Crippen molar-refractivity contribution in [2.45, 2.75) is 13.0 Å². The van der Waals surface area contributed by atoms with Crippen molar-refractivity contribution >= 4 is 41.1 Å². The molecule has 3 amide bonds. The molecular weight excluding hydrogens is 381 g/mol. The fourth-order valence-electron chi connectivity index (χ4n) is 1.99. The molecule has 0 aliphatic carbocycles. The van der Waals surface area contributed by atoms with Gasteiger partial charge in [0.25, 0.3) is 5.91 Å². The summed E-state index contributed by atoms with van der Waals surface area (Å²) in [7, 11) is 0. The third kappa shape index (κ3) is 5.18. The third-order valence-corrected chi connectivity index (χ3v) is 3.86. The maximum atomic E-state index is 12.4. The molecule has 9 heteroatoms. The first-order chi connectivity index (χ1) is 12.4. The van der Waals surface area contributed by atoms with E-state index in [1.54, 1.807) is 37.3 Å². The van der Waals surface area contributed by atoms with E-state index in [1.807, 2.05) is 0 Å². The van der Waals surface area contributed by atoms with Crippen molar-refractivity contribution in [1.82, 2.24) is 15.6 Å². The van der Waals surface area contributed by atoms with Crippen molar-refractivity contribution in [2.75, 3.05) is 6.54 Å². The van der Waals surface area contributed by atoms with E-state index in [2.05, 4.69) is 15.6 Å². The van der Waals surface area contributed by atoms with E-state index in [1.165, 1.54) is 12.3 Å². The van der Waals surface area contributed by atoms with Crippen molar-refractivity contribution < 1.29 is 19.1 Å². The molecule has 1 aromatic heterocycles. The summed E-state index contributed by atoms with van der Waals surface area (Å²) in [5.41, 5.74) is 0.418. The van der Waals surface area contributed by atoms with Crippen molar-refractivity contribution in [3.8, 4) is 0 Å². The van der Waals surface area contributed by atoms with E-state index in [0.717, 1.165) is 0 Å². The monoisotopic (exact) mass is 395 g/mol. The lowest BCUT2D eigenvalue weighted by molar-refractivity contribution is -0.129. The van der Waals surface area contributed by atoms with Crippen LogP contribution in [-0.2, 0) is 9.53 Å². The quantitative estimate of drug-likeness (QED) is 0.598. The zero-order chi connectivity index (χ0) is 19.1. The molecule has 0 unspecified atom stereocenters. The number of ether oxygens (including phenoxy) is 1. The van der Waals surface area contributed by atoms with E-state index < -0.39 is 24.0 Å². The highest BCUT2D eigenvalue weighted by Crippen LogP contribution is 2.23. The van der Waals surface area contributed by atoms with E-state index in [4.69, 9.17) is 27.9 Å². The van der Waals surface area contributed by atoms with Crippen LogP contribution in [0.1, 0.15) is 28.9 Å². The average molecular weight is 396 g/mol.